The van der Waals surface area contributed by atoms with Crippen LogP contribution in [0.4, 0.5) is 5.00 Å². The van der Waals surface area contributed by atoms with Crippen LogP contribution in [0.25, 0.3) is 0 Å². The van der Waals surface area contributed by atoms with Crippen molar-refractivity contribution < 1.29 is 23.8 Å². The van der Waals surface area contributed by atoms with Gasteiger partial charge in [-0.25, -0.2) is 4.79 Å². The van der Waals surface area contributed by atoms with E-state index < -0.39 is 18.0 Å². The average Bonchev–Trinajstić information content (AvgIpc) is 3.23. The van der Waals surface area contributed by atoms with Crippen molar-refractivity contribution in [3.63, 3.8) is 0 Å². The Morgan fingerprint density at radius 1 is 1.44 bits per heavy atom. The van der Waals surface area contributed by atoms with Crippen molar-refractivity contribution in [1.29, 1.82) is 5.26 Å². The number of amides is 1. The molecule has 128 valence electrons. The number of anilines is 1. The molecule has 0 bridgehead atoms. The number of esters is 1. The van der Waals surface area contributed by atoms with Crippen molar-refractivity contribution in [2.75, 3.05) is 12.1 Å². The predicted molar refractivity (Wildman–Crippen MR) is 90.1 cm³/mol. The number of benzene rings is 1. The van der Waals surface area contributed by atoms with Gasteiger partial charge in [0.25, 0.3) is 5.91 Å². The zero-order valence-corrected chi connectivity index (χ0v) is 14.4. The standard InChI is InChI=1S/C16H11ClN2O5S/c1-8(14(20)19-15-9(6-18)2-3-25-15)24-16(21)10-4-11(17)13-12(5-10)22-7-23-13/h2-5,8H,7H2,1H3,(H,19,20)/t8-/m0/s1. The summed E-state index contributed by atoms with van der Waals surface area (Å²) in [5, 5.41) is 13.8. The third kappa shape index (κ3) is 3.52. The predicted octanol–water partition coefficient (Wildman–Crippen LogP) is 3.19. The fourth-order valence-corrected chi connectivity index (χ4v) is 3.08. The van der Waals surface area contributed by atoms with Gasteiger partial charge in [-0.2, -0.15) is 5.26 Å². The first kappa shape index (κ1) is 17.1. The Labute approximate surface area is 151 Å². The maximum Gasteiger partial charge on any atom is 0.339 e. The Morgan fingerprint density at radius 3 is 3.00 bits per heavy atom. The third-order valence-corrected chi connectivity index (χ3v) is 4.45. The van der Waals surface area contributed by atoms with Crippen LogP contribution in [0.2, 0.25) is 5.02 Å². The Hall–Kier alpha value is -2.76. The number of nitrogens with zero attached hydrogens (tertiary/aromatic N) is 1. The number of ether oxygens (including phenoxy) is 3. The average molecular weight is 379 g/mol. The summed E-state index contributed by atoms with van der Waals surface area (Å²) in [4.78, 5) is 24.4. The van der Waals surface area contributed by atoms with E-state index in [1.807, 2.05) is 6.07 Å². The van der Waals surface area contributed by atoms with E-state index in [0.29, 0.717) is 22.1 Å². The van der Waals surface area contributed by atoms with Crippen LogP contribution in [-0.2, 0) is 9.53 Å². The molecule has 0 radical (unpaired) electrons. The molecule has 1 aromatic carbocycles. The van der Waals surface area contributed by atoms with Crippen molar-refractivity contribution in [2.45, 2.75) is 13.0 Å². The molecular formula is C16H11ClN2O5S. The van der Waals surface area contributed by atoms with Gasteiger partial charge in [0, 0.05) is 0 Å². The van der Waals surface area contributed by atoms with Gasteiger partial charge >= 0.3 is 5.97 Å². The SMILES string of the molecule is C[C@H](OC(=O)c1cc(Cl)c2c(c1)OCO2)C(=O)Nc1sccc1C#N. The number of fused-ring (bicyclic) bond motifs is 1. The van der Waals surface area contributed by atoms with E-state index in [1.165, 1.54) is 30.4 Å². The van der Waals surface area contributed by atoms with Gasteiger partial charge in [0.1, 0.15) is 11.1 Å². The molecule has 1 aliphatic heterocycles. The minimum Gasteiger partial charge on any atom is -0.454 e. The molecule has 1 atom stereocenters. The van der Waals surface area contributed by atoms with Crippen molar-refractivity contribution >= 4 is 39.8 Å². The minimum atomic E-state index is -1.06. The molecule has 0 aliphatic carbocycles. The van der Waals surface area contributed by atoms with Crippen molar-refractivity contribution in [3.8, 4) is 17.6 Å². The van der Waals surface area contributed by atoms with Crippen LogP contribution in [0.5, 0.6) is 11.5 Å². The zero-order valence-electron chi connectivity index (χ0n) is 12.9. The Bertz CT molecular complexity index is 889. The van der Waals surface area contributed by atoms with Crippen LogP contribution in [0.3, 0.4) is 0 Å². The molecule has 0 spiro atoms. The highest BCUT2D eigenvalue weighted by Crippen LogP contribution is 2.40. The van der Waals surface area contributed by atoms with E-state index in [1.54, 1.807) is 11.4 Å². The van der Waals surface area contributed by atoms with Crippen molar-refractivity contribution in [1.82, 2.24) is 0 Å². The van der Waals surface area contributed by atoms with E-state index in [0.717, 1.165) is 0 Å². The highest BCUT2D eigenvalue weighted by molar-refractivity contribution is 7.14. The summed E-state index contributed by atoms with van der Waals surface area (Å²) in [6, 6.07) is 6.38. The van der Waals surface area contributed by atoms with E-state index in [9.17, 15) is 9.59 Å². The Balaban J connectivity index is 1.67. The molecule has 9 heteroatoms. The first-order valence-corrected chi connectivity index (χ1v) is 8.34. The van der Waals surface area contributed by atoms with Gasteiger partial charge < -0.3 is 19.5 Å². The van der Waals surface area contributed by atoms with E-state index in [2.05, 4.69) is 5.32 Å². The lowest BCUT2D eigenvalue weighted by Gasteiger charge is -2.13. The van der Waals surface area contributed by atoms with Gasteiger partial charge in [-0.15, -0.1) is 11.3 Å². The fraction of sp³-hybridized carbons (Fsp3) is 0.188. The number of rotatable bonds is 4. The van der Waals surface area contributed by atoms with Gasteiger partial charge in [0.2, 0.25) is 6.79 Å². The number of nitrogens with one attached hydrogen (secondary N) is 1. The minimum absolute atomic E-state index is 0.0222. The lowest BCUT2D eigenvalue weighted by atomic mass is 10.2. The van der Waals surface area contributed by atoms with Crippen LogP contribution >= 0.6 is 22.9 Å². The number of nitriles is 1. The molecule has 0 saturated heterocycles. The second kappa shape index (κ2) is 7.01. The summed E-state index contributed by atoms with van der Waals surface area (Å²) >= 11 is 7.23. The van der Waals surface area contributed by atoms with Crippen LogP contribution < -0.4 is 14.8 Å². The number of thiophene rings is 1. The maximum atomic E-state index is 12.2. The second-order valence-corrected chi connectivity index (χ2v) is 6.33. The highest BCUT2D eigenvalue weighted by Gasteiger charge is 2.24. The molecule has 1 N–H and O–H groups in total. The highest BCUT2D eigenvalue weighted by atomic mass is 35.5. The molecule has 2 aromatic rings. The molecule has 3 rings (SSSR count). The molecule has 25 heavy (non-hydrogen) atoms. The number of hydrogen-bond donors (Lipinski definition) is 1. The quantitative estimate of drug-likeness (QED) is 0.820. The first-order valence-electron chi connectivity index (χ1n) is 7.08. The summed E-state index contributed by atoms with van der Waals surface area (Å²) in [7, 11) is 0. The Kier molecular flexibility index (Phi) is 4.79. The van der Waals surface area contributed by atoms with Crippen molar-refractivity contribution in [3.05, 3.63) is 39.7 Å². The number of carbonyl (C=O) groups excluding carboxylic acids is 2. The van der Waals surface area contributed by atoms with Crippen LogP contribution in [0.1, 0.15) is 22.8 Å². The summed E-state index contributed by atoms with van der Waals surface area (Å²) in [6.45, 7) is 1.45. The molecule has 1 aliphatic rings. The molecule has 2 heterocycles. The van der Waals surface area contributed by atoms with Crippen LogP contribution in [-0.4, -0.2) is 24.8 Å². The maximum absolute atomic E-state index is 12.2. The molecule has 1 aromatic heterocycles. The first-order chi connectivity index (χ1) is 12.0. The van der Waals surface area contributed by atoms with E-state index in [-0.39, 0.29) is 17.4 Å². The smallest absolute Gasteiger partial charge is 0.339 e. The largest absolute Gasteiger partial charge is 0.454 e. The number of halogens is 1. The summed E-state index contributed by atoms with van der Waals surface area (Å²) in [5.74, 6) is -0.562. The molecular weight excluding hydrogens is 368 g/mol. The summed E-state index contributed by atoms with van der Waals surface area (Å²) in [5.41, 5.74) is 0.488. The van der Waals surface area contributed by atoms with E-state index in [4.69, 9.17) is 31.1 Å². The van der Waals surface area contributed by atoms with Gasteiger partial charge in [0.05, 0.1) is 16.1 Å². The topological polar surface area (TPSA) is 97.7 Å². The monoisotopic (exact) mass is 378 g/mol. The van der Waals surface area contributed by atoms with Crippen LogP contribution in [0, 0.1) is 11.3 Å². The third-order valence-electron chi connectivity index (χ3n) is 3.34. The molecule has 7 nitrogen and oxygen atoms in total. The lowest BCUT2D eigenvalue weighted by molar-refractivity contribution is -0.123. The van der Waals surface area contributed by atoms with Gasteiger partial charge in [0.15, 0.2) is 17.6 Å². The molecule has 0 saturated carbocycles. The molecule has 0 fully saturated rings. The second-order valence-electron chi connectivity index (χ2n) is 5.00. The number of carbonyl (C=O) groups is 2. The van der Waals surface area contributed by atoms with Gasteiger partial charge in [-0.1, -0.05) is 11.6 Å². The fourth-order valence-electron chi connectivity index (χ4n) is 2.07. The molecule has 0 unspecified atom stereocenters. The summed E-state index contributed by atoms with van der Waals surface area (Å²) < 4.78 is 15.5. The van der Waals surface area contributed by atoms with Gasteiger partial charge in [-0.3, -0.25) is 4.79 Å². The zero-order chi connectivity index (χ0) is 18.0. The lowest BCUT2D eigenvalue weighted by Crippen LogP contribution is -2.29. The Morgan fingerprint density at radius 2 is 2.24 bits per heavy atom. The normalized spacial score (nSPS) is 13.0. The molecule has 1 amide bonds. The van der Waals surface area contributed by atoms with E-state index >= 15 is 0 Å². The van der Waals surface area contributed by atoms with Crippen molar-refractivity contribution in [2.24, 2.45) is 0 Å². The van der Waals surface area contributed by atoms with Crippen LogP contribution in [0.15, 0.2) is 23.6 Å². The van der Waals surface area contributed by atoms with Gasteiger partial charge in [-0.05, 0) is 30.5 Å². The number of hydrogen-bond acceptors (Lipinski definition) is 7. The summed E-state index contributed by atoms with van der Waals surface area (Å²) in [6.07, 6.45) is -1.06.